The molecule has 0 saturated heterocycles. The van der Waals surface area contributed by atoms with E-state index in [1.54, 1.807) is 0 Å². The Morgan fingerprint density at radius 3 is 2.18 bits per heavy atom. The van der Waals surface area contributed by atoms with E-state index in [1.165, 1.54) is 6.42 Å². The van der Waals surface area contributed by atoms with E-state index in [9.17, 15) is 0 Å². The van der Waals surface area contributed by atoms with Crippen LogP contribution in [0, 0.1) is 16.7 Å². The molecule has 3 unspecified atom stereocenters. The average Bonchev–Trinajstić information content (AvgIpc) is 2.13. The Morgan fingerprint density at radius 1 is 1.36 bits per heavy atom. The van der Waals surface area contributed by atoms with Crippen molar-refractivity contribution in [3.63, 3.8) is 0 Å². The molecule has 0 aromatic heterocycles. The van der Waals surface area contributed by atoms with Crippen LogP contribution in [-0.2, 0) is 0 Å². The van der Waals surface area contributed by atoms with E-state index >= 15 is 0 Å². The highest BCUT2D eigenvalue weighted by Crippen LogP contribution is 2.65. The van der Waals surface area contributed by atoms with Crippen molar-refractivity contribution in [2.24, 2.45) is 16.7 Å². The summed E-state index contributed by atoms with van der Waals surface area (Å²) in [6.07, 6.45) is 6.10. The van der Waals surface area contributed by atoms with Gasteiger partial charge in [0.15, 0.2) is 0 Å². The average molecular weight is 163 g/mol. The van der Waals surface area contributed by atoms with Crippen LogP contribution in [0.3, 0.4) is 0 Å². The van der Waals surface area contributed by atoms with Crippen LogP contribution in [-0.4, -0.2) is 10.2 Å². The summed E-state index contributed by atoms with van der Waals surface area (Å²) in [5.41, 5.74) is 1.63. The van der Waals surface area contributed by atoms with Gasteiger partial charge in [-0.2, -0.15) is 0 Å². The molecular formula is C10H15Si. The monoisotopic (exact) mass is 163 g/mol. The highest BCUT2D eigenvalue weighted by molar-refractivity contribution is 6.12. The van der Waals surface area contributed by atoms with Gasteiger partial charge in [-0.05, 0) is 28.7 Å². The Bertz CT molecular complexity index is 217. The molecule has 2 rings (SSSR count). The Labute approximate surface area is 72.5 Å². The van der Waals surface area contributed by atoms with Gasteiger partial charge in [0.2, 0.25) is 0 Å². The number of allylic oxidation sites excluding steroid dienone is 2. The molecular weight excluding hydrogens is 148 g/mol. The van der Waals surface area contributed by atoms with E-state index < -0.39 is 0 Å². The molecule has 2 aliphatic rings. The summed E-state index contributed by atoms with van der Waals surface area (Å²) in [5, 5.41) is 0. The fourth-order valence-corrected chi connectivity index (χ4v) is 3.66. The molecule has 1 fully saturated rings. The minimum atomic E-state index is 0.448. The third kappa shape index (κ3) is 0.702. The molecule has 1 saturated carbocycles. The van der Waals surface area contributed by atoms with Gasteiger partial charge in [0.1, 0.15) is 0 Å². The maximum Gasteiger partial charge on any atom is 0.0275 e. The maximum atomic E-state index is 3.81. The molecule has 2 bridgehead atoms. The molecule has 2 aliphatic carbocycles. The molecule has 0 nitrogen and oxygen atoms in total. The van der Waals surface area contributed by atoms with Crippen LogP contribution in [0.2, 0.25) is 5.54 Å². The molecule has 11 heavy (non-hydrogen) atoms. The SMILES string of the molecule is CC12C=CC(C([Si])C1)C2(C)C. The second kappa shape index (κ2) is 1.82. The second-order valence-corrected chi connectivity index (χ2v) is 5.58. The van der Waals surface area contributed by atoms with Crippen molar-refractivity contribution in [3.05, 3.63) is 12.2 Å². The third-order valence-corrected chi connectivity index (χ3v) is 4.62. The summed E-state index contributed by atoms with van der Waals surface area (Å²) in [6.45, 7) is 7.15. The van der Waals surface area contributed by atoms with Gasteiger partial charge in [-0.1, -0.05) is 32.9 Å². The van der Waals surface area contributed by atoms with Crippen LogP contribution in [0.1, 0.15) is 27.2 Å². The quantitative estimate of drug-likeness (QED) is 0.380. The lowest BCUT2D eigenvalue weighted by Gasteiger charge is -2.33. The van der Waals surface area contributed by atoms with E-state index in [0.717, 1.165) is 5.92 Å². The van der Waals surface area contributed by atoms with Crippen LogP contribution in [0.4, 0.5) is 0 Å². The van der Waals surface area contributed by atoms with Gasteiger partial charge < -0.3 is 0 Å². The van der Waals surface area contributed by atoms with Gasteiger partial charge in [0, 0.05) is 10.2 Å². The van der Waals surface area contributed by atoms with E-state index in [-0.39, 0.29) is 0 Å². The summed E-state index contributed by atoms with van der Waals surface area (Å²) in [6, 6.07) is 0. The minimum Gasteiger partial charge on any atom is -0.0843 e. The normalized spacial score (nSPS) is 52.0. The molecule has 1 heteroatoms. The summed E-state index contributed by atoms with van der Waals surface area (Å²) in [4.78, 5) is 0. The molecule has 0 aromatic rings. The zero-order chi connectivity index (χ0) is 8.28. The van der Waals surface area contributed by atoms with Crippen molar-refractivity contribution < 1.29 is 0 Å². The van der Waals surface area contributed by atoms with Crippen molar-refractivity contribution in [2.75, 3.05) is 0 Å². The summed E-state index contributed by atoms with van der Waals surface area (Å²) in [5.74, 6) is 0.754. The van der Waals surface area contributed by atoms with Crippen molar-refractivity contribution in [3.8, 4) is 0 Å². The number of rotatable bonds is 0. The fraction of sp³-hybridized carbons (Fsp3) is 0.800. The highest BCUT2D eigenvalue weighted by Gasteiger charge is 2.55. The minimum absolute atomic E-state index is 0.448. The van der Waals surface area contributed by atoms with Crippen LogP contribution < -0.4 is 0 Å². The van der Waals surface area contributed by atoms with Crippen LogP contribution in [0.25, 0.3) is 0 Å². The summed E-state index contributed by atoms with van der Waals surface area (Å²) < 4.78 is 0. The largest absolute Gasteiger partial charge is 0.0843 e. The Kier molecular flexibility index (Phi) is 1.26. The highest BCUT2D eigenvalue weighted by atomic mass is 28.1. The molecule has 0 amide bonds. The summed E-state index contributed by atoms with van der Waals surface area (Å²) in [7, 11) is 3.81. The molecule has 0 heterocycles. The Morgan fingerprint density at radius 2 is 2.00 bits per heavy atom. The first-order valence-corrected chi connectivity index (χ1v) is 4.96. The number of hydrogen-bond donors (Lipinski definition) is 0. The zero-order valence-corrected chi connectivity index (χ0v) is 8.52. The smallest absolute Gasteiger partial charge is 0.0275 e. The van der Waals surface area contributed by atoms with Crippen molar-refractivity contribution in [2.45, 2.75) is 32.7 Å². The first kappa shape index (κ1) is 7.60. The fourth-order valence-electron chi connectivity index (χ4n) is 2.70. The molecule has 3 atom stereocenters. The molecule has 59 valence electrons. The van der Waals surface area contributed by atoms with Crippen molar-refractivity contribution >= 4 is 10.2 Å². The first-order valence-electron chi connectivity index (χ1n) is 4.38. The molecule has 0 aromatic carbocycles. The third-order valence-electron chi connectivity index (χ3n) is 4.05. The number of fused-ring (bicyclic) bond motifs is 2. The van der Waals surface area contributed by atoms with E-state index in [2.05, 4.69) is 43.2 Å². The summed E-state index contributed by atoms with van der Waals surface area (Å²) >= 11 is 0. The predicted molar refractivity (Wildman–Crippen MR) is 48.6 cm³/mol. The standard InChI is InChI=1S/C10H15Si/c1-9(2)7-4-5-10(9,3)6-8(7)11/h4-5,7-8H,6H2,1-3H3. The Balaban J connectivity index is 2.45. The van der Waals surface area contributed by atoms with Crippen LogP contribution >= 0.6 is 0 Å². The second-order valence-electron chi connectivity index (χ2n) is 4.83. The van der Waals surface area contributed by atoms with E-state index in [4.69, 9.17) is 0 Å². The van der Waals surface area contributed by atoms with Crippen LogP contribution in [0.15, 0.2) is 12.2 Å². The maximum absolute atomic E-state index is 3.81. The van der Waals surface area contributed by atoms with Gasteiger partial charge >= 0.3 is 0 Å². The predicted octanol–water partition coefficient (Wildman–Crippen LogP) is 2.57. The molecule has 0 N–H and O–H groups in total. The van der Waals surface area contributed by atoms with E-state index in [1.807, 2.05) is 0 Å². The first-order chi connectivity index (χ1) is 4.97. The Hall–Kier alpha value is -0.0431. The van der Waals surface area contributed by atoms with Gasteiger partial charge in [-0.3, -0.25) is 0 Å². The number of hydrogen-bond acceptors (Lipinski definition) is 0. The van der Waals surface area contributed by atoms with Gasteiger partial charge in [-0.15, -0.1) is 0 Å². The molecule has 0 aliphatic heterocycles. The van der Waals surface area contributed by atoms with Crippen LogP contribution in [0.5, 0.6) is 0 Å². The van der Waals surface area contributed by atoms with E-state index in [0.29, 0.717) is 16.4 Å². The topological polar surface area (TPSA) is 0 Å². The lowest BCUT2D eigenvalue weighted by molar-refractivity contribution is 0.182. The van der Waals surface area contributed by atoms with Gasteiger partial charge in [-0.25, -0.2) is 0 Å². The zero-order valence-electron chi connectivity index (χ0n) is 7.52. The van der Waals surface area contributed by atoms with Gasteiger partial charge in [0.05, 0.1) is 0 Å². The molecule has 3 radical (unpaired) electrons. The molecule has 0 spiro atoms. The lowest BCUT2D eigenvalue weighted by Crippen LogP contribution is -2.27. The van der Waals surface area contributed by atoms with Crippen molar-refractivity contribution in [1.29, 1.82) is 0 Å². The van der Waals surface area contributed by atoms with Gasteiger partial charge in [0.25, 0.3) is 0 Å². The lowest BCUT2D eigenvalue weighted by atomic mass is 9.71. The van der Waals surface area contributed by atoms with Crippen molar-refractivity contribution in [1.82, 2.24) is 0 Å².